The summed E-state index contributed by atoms with van der Waals surface area (Å²) < 4.78 is 19.5. The quantitative estimate of drug-likeness (QED) is 0.387. The van der Waals surface area contributed by atoms with Gasteiger partial charge in [0, 0.05) is 10.2 Å². The zero-order chi connectivity index (χ0) is 14.7. The van der Waals surface area contributed by atoms with Gasteiger partial charge in [-0.25, -0.2) is 9.37 Å². The van der Waals surface area contributed by atoms with E-state index in [1.165, 1.54) is 18.2 Å². The Morgan fingerprint density at radius 2 is 2.15 bits per heavy atom. The fourth-order valence-electron chi connectivity index (χ4n) is 1.42. The summed E-state index contributed by atoms with van der Waals surface area (Å²) in [6, 6.07) is 5.66. The smallest absolute Gasteiger partial charge is 0.322 e. The van der Waals surface area contributed by atoms with Crippen LogP contribution in [0.5, 0.6) is 11.8 Å². The molecule has 0 unspecified atom stereocenters. The number of aryl methyl sites for hydroxylation is 1. The Balaban J connectivity index is 2.38. The second-order valence-corrected chi connectivity index (χ2v) is 4.75. The standard InChI is InChI=1S/C12H10BrFN4O2/c1-6-4-9(11(15)18-19)17-12(16-6)20-10-5-7(13)2-3-8(10)14/h2-5,19H,1H3,(H2,15,18). The second-order valence-electron chi connectivity index (χ2n) is 3.84. The molecule has 1 heterocycles. The highest BCUT2D eigenvalue weighted by molar-refractivity contribution is 9.10. The Morgan fingerprint density at radius 3 is 2.85 bits per heavy atom. The summed E-state index contributed by atoms with van der Waals surface area (Å²) in [5.41, 5.74) is 6.17. The minimum atomic E-state index is -0.552. The highest BCUT2D eigenvalue weighted by Gasteiger charge is 2.11. The minimum Gasteiger partial charge on any atom is -0.421 e. The number of ether oxygens (including phenoxy) is 1. The average molecular weight is 341 g/mol. The van der Waals surface area contributed by atoms with Crippen molar-refractivity contribution in [1.82, 2.24) is 9.97 Å². The van der Waals surface area contributed by atoms with Crippen LogP contribution in [0.1, 0.15) is 11.4 Å². The highest BCUT2D eigenvalue weighted by Crippen LogP contribution is 2.25. The van der Waals surface area contributed by atoms with Crippen LogP contribution in [0.4, 0.5) is 4.39 Å². The Kier molecular flexibility index (Phi) is 4.14. The first-order valence-corrected chi connectivity index (χ1v) is 6.25. The molecule has 6 nitrogen and oxygen atoms in total. The van der Waals surface area contributed by atoms with Crippen LogP contribution >= 0.6 is 15.9 Å². The van der Waals surface area contributed by atoms with Gasteiger partial charge < -0.3 is 15.7 Å². The lowest BCUT2D eigenvalue weighted by Crippen LogP contribution is -2.16. The number of rotatable bonds is 3. The molecular formula is C12H10BrFN4O2. The third kappa shape index (κ3) is 3.21. The van der Waals surface area contributed by atoms with E-state index in [2.05, 4.69) is 31.1 Å². The van der Waals surface area contributed by atoms with Crippen molar-refractivity contribution in [2.75, 3.05) is 0 Å². The average Bonchev–Trinajstić information content (AvgIpc) is 2.41. The largest absolute Gasteiger partial charge is 0.421 e. The molecular weight excluding hydrogens is 331 g/mol. The first-order chi connectivity index (χ1) is 9.49. The van der Waals surface area contributed by atoms with Gasteiger partial charge in [0.2, 0.25) is 0 Å². The lowest BCUT2D eigenvalue weighted by atomic mass is 10.3. The summed E-state index contributed by atoms with van der Waals surface area (Å²) in [7, 11) is 0. The molecule has 0 spiro atoms. The van der Waals surface area contributed by atoms with Gasteiger partial charge in [-0.2, -0.15) is 4.98 Å². The van der Waals surface area contributed by atoms with E-state index in [-0.39, 0.29) is 23.3 Å². The van der Waals surface area contributed by atoms with Crippen LogP contribution in [0.2, 0.25) is 0 Å². The van der Waals surface area contributed by atoms with E-state index >= 15 is 0 Å². The van der Waals surface area contributed by atoms with E-state index in [4.69, 9.17) is 15.7 Å². The Hall–Kier alpha value is -2.22. The van der Waals surface area contributed by atoms with Crippen LogP contribution in [0, 0.1) is 12.7 Å². The number of hydrogen-bond acceptors (Lipinski definition) is 5. The van der Waals surface area contributed by atoms with Gasteiger partial charge in [0.05, 0.1) is 0 Å². The van der Waals surface area contributed by atoms with Crippen LogP contribution in [0.25, 0.3) is 0 Å². The number of benzene rings is 1. The third-order valence-electron chi connectivity index (χ3n) is 2.30. The molecule has 0 aliphatic heterocycles. The number of amidine groups is 1. The lowest BCUT2D eigenvalue weighted by molar-refractivity contribution is 0.318. The predicted octanol–water partition coefficient (Wildman–Crippen LogP) is 2.57. The molecule has 3 N–H and O–H groups in total. The maximum atomic E-state index is 13.6. The summed E-state index contributed by atoms with van der Waals surface area (Å²) in [6.45, 7) is 1.68. The van der Waals surface area contributed by atoms with Crippen molar-refractivity contribution >= 4 is 21.8 Å². The zero-order valence-corrected chi connectivity index (χ0v) is 11.9. The molecule has 0 saturated heterocycles. The van der Waals surface area contributed by atoms with Gasteiger partial charge in [-0.1, -0.05) is 21.1 Å². The van der Waals surface area contributed by atoms with Crippen molar-refractivity contribution in [3.05, 3.63) is 45.9 Å². The highest BCUT2D eigenvalue weighted by atomic mass is 79.9. The molecule has 0 saturated carbocycles. The molecule has 0 atom stereocenters. The number of halogens is 2. The molecule has 1 aromatic heterocycles. The van der Waals surface area contributed by atoms with E-state index in [0.717, 1.165) is 0 Å². The molecule has 104 valence electrons. The minimum absolute atomic E-state index is 0.0320. The summed E-state index contributed by atoms with van der Waals surface area (Å²) in [6.07, 6.45) is 0. The SMILES string of the molecule is Cc1cc(/C(N)=N/O)nc(Oc2cc(Br)ccc2F)n1. The molecule has 2 aromatic rings. The van der Waals surface area contributed by atoms with E-state index in [9.17, 15) is 4.39 Å². The van der Waals surface area contributed by atoms with E-state index in [1.54, 1.807) is 13.0 Å². The number of nitrogens with two attached hydrogens (primary N) is 1. The van der Waals surface area contributed by atoms with Crippen molar-refractivity contribution in [2.45, 2.75) is 6.92 Å². The van der Waals surface area contributed by atoms with Crippen molar-refractivity contribution in [1.29, 1.82) is 0 Å². The van der Waals surface area contributed by atoms with E-state index in [0.29, 0.717) is 10.2 Å². The third-order valence-corrected chi connectivity index (χ3v) is 2.79. The molecule has 8 heteroatoms. The molecule has 0 bridgehead atoms. The molecule has 0 fully saturated rings. The molecule has 0 radical (unpaired) electrons. The zero-order valence-electron chi connectivity index (χ0n) is 10.3. The van der Waals surface area contributed by atoms with Crippen molar-refractivity contribution < 1.29 is 14.3 Å². The summed E-state index contributed by atoms with van der Waals surface area (Å²) >= 11 is 3.21. The topological polar surface area (TPSA) is 93.6 Å². The van der Waals surface area contributed by atoms with Gasteiger partial charge in [-0.3, -0.25) is 0 Å². The lowest BCUT2D eigenvalue weighted by Gasteiger charge is -2.07. The Labute approximate surface area is 122 Å². The van der Waals surface area contributed by atoms with Gasteiger partial charge in [0.15, 0.2) is 17.4 Å². The fourth-order valence-corrected chi connectivity index (χ4v) is 1.76. The molecule has 0 amide bonds. The van der Waals surface area contributed by atoms with Crippen LogP contribution in [-0.4, -0.2) is 21.0 Å². The molecule has 20 heavy (non-hydrogen) atoms. The predicted molar refractivity (Wildman–Crippen MR) is 73.5 cm³/mol. The number of nitrogens with zero attached hydrogens (tertiary/aromatic N) is 3. The maximum absolute atomic E-state index is 13.6. The molecule has 2 rings (SSSR count). The Bertz CT molecular complexity index is 679. The number of hydrogen-bond donors (Lipinski definition) is 2. The normalized spacial score (nSPS) is 11.4. The van der Waals surface area contributed by atoms with Gasteiger partial charge >= 0.3 is 6.01 Å². The first kappa shape index (κ1) is 14.2. The van der Waals surface area contributed by atoms with E-state index in [1.807, 2.05) is 0 Å². The van der Waals surface area contributed by atoms with Gasteiger partial charge in [-0.05, 0) is 31.2 Å². The molecule has 1 aromatic carbocycles. The van der Waals surface area contributed by atoms with Crippen molar-refractivity contribution in [3.63, 3.8) is 0 Å². The van der Waals surface area contributed by atoms with Gasteiger partial charge in [0.25, 0.3) is 0 Å². The fraction of sp³-hybridized carbons (Fsp3) is 0.0833. The second kappa shape index (κ2) is 5.83. The molecule has 0 aliphatic rings. The first-order valence-electron chi connectivity index (χ1n) is 5.46. The summed E-state index contributed by atoms with van der Waals surface area (Å²) in [5, 5.41) is 11.5. The van der Waals surface area contributed by atoms with Gasteiger partial charge in [-0.15, -0.1) is 0 Å². The van der Waals surface area contributed by atoms with Crippen LogP contribution in [0.15, 0.2) is 33.9 Å². The number of aromatic nitrogens is 2. The maximum Gasteiger partial charge on any atom is 0.322 e. The van der Waals surface area contributed by atoms with Crippen LogP contribution < -0.4 is 10.5 Å². The van der Waals surface area contributed by atoms with Crippen molar-refractivity contribution in [2.24, 2.45) is 10.9 Å². The van der Waals surface area contributed by atoms with Crippen molar-refractivity contribution in [3.8, 4) is 11.8 Å². The summed E-state index contributed by atoms with van der Waals surface area (Å²) in [5.74, 6) is -0.769. The molecule has 0 aliphatic carbocycles. The Morgan fingerprint density at radius 1 is 1.40 bits per heavy atom. The van der Waals surface area contributed by atoms with Crippen LogP contribution in [-0.2, 0) is 0 Å². The summed E-state index contributed by atoms with van der Waals surface area (Å²) in [4.78, 5) is 7.95. The van der Waals surface area contributed by atoms with Crippen LogP contribution in [0.3, 0.4) is 0 Å². The number of oxime groups is 1. The van der Waals surface area contributed by atoms with Gasteiger partial charge in [0.1, 0.15) is 5.69 Å². The van der Waals surface area contributed by atoms with E-state index < -0.39 is 5.82 Å². The monoisotopic (exact) mass is 340 g/mol.